The molecule has 0 atom stereocenters. The van der Waals surface area contributed by atoms with Gasteiger partial charge < -0.3 is 16.0 Å². The second-order valence-corrected chi connectivity index (χ2v) is 1.17. The Morgan fingerprint density at radius 1 is 1.67 bits per heavy atom. The third-order valence-electron chi connectivity index (χ3n) is 0.558. The molecule has 0 amide bonds. The third-order valence-corrected chi connectivity index (χ3v) is 0.558. The average molecular weight is 131 g/mol. The van der Waals surface area contributed by atoms with Crippen LogP contribution in [0.25, 0.3) is 0 Å². The van der Waals surface area contributed by atoms with E-state index < -0.39 is 17.5 Å². The first-order valence-corrected chi connectivity index (χ1v) is 1.89. The number of amidine groups is 1. The molecule has 6 nitrogen and oxygen atoms in total. The number of nitrogens with two attached hydrogens (primary N) is 1. The number of carbonyl (C=O) groups is 1. The maximum absolute atomic E-state index is 9.86. The van der Waals surface area contributed by atoms with Gasteiger partial charge >= 0.3 is 5.97 Å². The minimum absolute atomic E-state index is 0.773. The fourth-order valence-electron chi connectivity index (χ4n) is 0.212. The van der Waals surface area contributed by atoms with Crippen molar-refractivity contribution in [2.45, 2.75) is 0 Å². The van der Waals surface area contributed by atoms with Gasteiger partial charge in [-0.1, -0.05) is 5.16 Å². The molecule has 50 valence electrons. The van der Waals surface area contributed by atoms with Crippen molar-refractivity contribution in [3.8, 4) is 0 Å². The molecule has 0 saturated carbocycles. The molecule has 0 aliphatic carbocycles. The molecule has 0 heterocycles. The number of hydrogen-bond donors (Lipinski definition) is 4. The number of aliphatic carboxylic acids is 1. The first-order chi connectivity index (χ1) is 4.09. The van der Waals surface area contributed by atoms with Gasteiger partial charge in [-0.05, 0) is 0 Å². The molecule has 0 aromatic rings. The van der Waals surface area contributed by atoms with E-state index in [0.29, 0.717) is 0 Å². The van der Waals surface area contributed by atoms with Crippen LogP contribution in [0.1, 0.15) is 0 Å². The highest BCUT2D eigenvalue weighted by molar-refractivity contribution is 6.63. The molecule has 0 spiro atoms. The van der Waals surface area contributed by atoms with E-state index in [0.717, 1.165) is 0 Å². The van der Waals surface area contributed by atoms with E-state index >= 15 is 0 Å². The van der Waals surface area contributed by atoms with Crippen LogP contribution >= 0.6 is 0 Å². The lowest BCUT2D eigenvalue weighted by Crippen LogP contribution is -2.29. The van der Waals surface area contributed by atoms with Crippen molar-refractivity contribution in [2.75, 3.05) is 0 Å². The monoisotopic (exact) mass is 131 g/mol. The quantitative estimate of drug-likeness (QED) is 0.163. The maximum Gasteiger partial charge on any atom is 0.361 e. The zero-order chi connectivity index (χ0) is 7.44. The van der Waals surface area contributed by atoms with E-state index in [1.807, 2.05) is 0 Å². The fourth-order valence-corrected chi connectivity index (χ4v) is 0.212. The van der Waals surface area contributed by atoms with Crippen LogP contribution in [0.5, 0.6) is 0 Å². The molecule has 9 heavy (non-hydrogen) atoms. The first-order valence-electron chi connectivity index (χ1n) is 1.89. The summed E-state index contributed by atoms with van der Waals surface area (Å²) < 4.78 is 0. The average Bonchev–Trinajstić information content (AvgIpc) is 1.64. The Kier molecular flexibility index (Phi) is 2.18. The number of nitrogens with one attached hydrogen (secondary N) is 1. The minimum atomic E-state index is -1.52. The van der Waals surface area contributed by atoms with E-state index in [1.54, 1.807) is 0 Å². The summed E-state index contributed by atoms with van der Waals surface area (Å²) >= 11 is 0. The summed E-state index contributed by atoms with van der Waals surface area (Å²) in [5.74, 6) is -2.30. The Hall–Kier alpha value is -1.59. The summed E-state index contributed by atoms with van der Waals surface area (Å²) in [6, 6.07) is 0. The highest BCUT2D eigenvalue weighted by atomic mass is 16.4. The van der Waals surface area contributed by atoms with Crippen molar-refractivity contribution in [1.29, 1.82) is 5.41 Å². The van der Waals surface area contributed by atoms with Crippen LogP contribution in [0.15, 0.2) is 5.16 Å². The first kappa shape index (κ1) is 7.41. The highest BCUT2D eigenvalue weighted by Crippen LogP contribution is 1.74. The molecule has 0 bridgehead atoms. The standard InChI is InChI=1S/C3H5N3O3/c4-2(5)1(6-9)3(7)8/h9H,(H3,4,5)(H,7,8)/b6-1-. The topological polar surface area (TPSA) is 120 Å². The molecule has 5 N–H and O–H groups in total. The van der Waals surface area contributed by atoms with Crippen molar-refractivity contribution < 1.29 is 15.1 Å². The second kappa shape index (κ2) is 2.65. The van der Waals surface area contributed by atoms with Gasteiger partial charge in [-0.15, -0.1) is 0 Å². The van der Waals surface area contributed by atoms with Gasteiger partial charge in [-0.3, -0.25) is 5.41 Å². The summed E-state index contributed by atoms with van der Waals surface area (Å²) in [5, 5.41) is 24.6. The van der Waals surface area contributed by atoms with Gasteiger partial charge in [0.15, 0.2) is 5.84 Å². The van der Waals surface area contributed by atoms with Crippen LogP contribution in [-0.4, -0.2) is 27.8 Å². The third kappa shape index (κ3) is 1.76. The summed E-state index contributed by atoms with van der Waals surface area (Å²) in [6.45, 7) is 0. The van der Waals surface area contributed by atoms with Gasteiger partial charge in [-0.2, -0.15) is 0 Å². The van der Waals surface area contributed by atoms with Gasteiger partial charge in [-0.25, -0.2) is 4.79 Å². The molecule has 0 aromatic heterocycles. The lowest BCUT2D eigenvalue weighted by Gasteiger charge is -1.90. The van der Waals surface area contributed by atoms with Crippen LogP contribution in [-0.2, 0) is 4.79 Å². The molecule has 0 aliphatic rings. The molecule has 6 heteroatoms. The van der Waals surface area contributed by atoms with E-state index in [9.17, 15) is 4.79 Å². The van der Waals surface area contributed by atoms with E-state index in [1.165, 1.54) is 0 Å². The van der Waals surface area contributed by atoms with Gasteiger partial charge in [0.05, 0.1) is 0 Å². The highest BCUT2D eigenvalue weighted by Gasteiger charge is 2.12. The predicted octanol–water partition coefficient (Wildman–Crippen LogP) is -1.16. The molecule has 0 rings (SSSR count). The van der Waals surface area contributed by atoms with Gasteiger partial charge in [0.1, 0.15) is 0 Å². The maximum atomic E-state index is 9.86. The Morgan fingerprint density at radius 2 is 2.11 bits per heavy atom. The minimum Gasteiger partial charge on any atom is -0.476 e. The number of hydrogen-bond acceptors (Lipinski definition) is 4. The SMILES string of the molecule is N=C(N)/C(=N/O)C(=O)O. The summed E-state index contributed by atoms with van der Waals surface area (Å²) in [7, 11) is 0. The lowest BCUT2D eigenvalue weighted by molar-refractivity contribution is -0.129. The molecule has 0 unspecified atom stereocenters. The summed E-state index contributed by atoms with van der Waals surface area (Å²) in [4.78, 5) is 9.86. The number of carboxylic acid groups (broad SMARTS) is 1. The van der Waals surface area contributed by atoms with E-state index in [2.05, 4.69) is 10.9 Å². The Morgan fingerprint density at radius 3 is 2.11 bits per heavy atom. The lowest BCUT2D eigenvalue weighted by atomic mass is 10.4. The molecule has 0 aromatic carbocycles. The summed E-state index contributed by atoms with van der Waals surface area (Å²) in [5.41, 5.74) is 3.81. The van der Waals surface area contributed by atoms with Crippen molar-refractivity contribution >= 4 is 17.5 Å². The molecular formula is C3H5N3O3. The van der Waals surface area contributed by atoms with Crippen molar-refractivity contribution in [2.24, 2.45) is 10.9 Å². The second-order valence-electron chi connectivity index (χ2n) is 1.17. The number of rotatable bonds is 2. The van der Waals surface area contributed by atoms with Crippen molar-refractivity contribution in [1.82, 2.24) is 0 Å². The van der Waals surface area contributed by atoms with Gasteiger partial charge in [0, 0.05) is 0 Å². The fraction of sp³-hybridized carbons (Fsp3) is 0. The van der Waals surface area contributed by atoms with Crippen LogP contribution in [0, 0.1) is 5.41 Å². The normalized spacial score (nSPS) is 10.9. The predicted molar refractivity (Wildman–Crippen MR) is 28.8 cm³/mol. The smallest absolute Gasteiger partial charge is 0.361 e. The van der Waals surface area contributed by atoms with E-state index in [4.69, 9.17) is 15.7 Å². The Labute approximate surface area is 50.1 Å². The van der Waals surface area contributed by atoms with Gasteiger partial charge in [0.2, 0.25) is 5.71 Å². The van der Waals surface area contributed by atoms with Crippen molar-refractivity contribution in [3.05, 3.63) is 0 Å². The summed E-state index contributed by atoms with van der Waals surface area (Å²) in [6.07, 6.45) is 0. The largest absolute Gasteiger partial charge is 0.476 e. The zero-order valence-electron chi connectivity index (χ0n) is 4.33. The zero-order valence-corrected chi connectivity index (χ0v) is 4.33. The number of nitrogens with zero attached hydrogens (tertiary/aromatic N) is 1. The molecule has 0 fully saturated rings. The van der Waals surface area contributed by atoms with Crippen LogP contribution < -0.4 is 5.73 Å². The van der Waals surface area contributed by atoms with Crippen LogP contribution in [0.3, 0.4) is 0 Å². The Balaban J connectivity index is 4.38. The number of oxime groups is 1. The van der Waals surface area contributed by atoms with E-state index in [-0.39, 0.29) is 0 Å². The molecule has 0 aliphatic heterocycles. The molecule has 0 saturated heterocycles. The number of carboxylic acids is 1. The van der Waals surface area contributed by atoms with Crippen LogP contribution in [0.4, 0.5) is 0 Å². The Bertz CT molecular complexity index is 157. The van der Waals surface area contributed by atoms with Crippen LogP contribution in [0.2, 0.25) is 0 Å². The molecular weight excluding hydrogens is 126 g/mol. The van der Waals surface area contributed by atoms with Gasteiger partial charge in [0.25, 0.3) is 0 Å². The van der Waals surface area contributed by atoms with Crippen molar-refractivity contribution in [3.63, 3.8) is 0 Å². The molecule has 0 radical (unpaired) electrons.